The second-order valence-electron chi connectivity index (χ2n) is 8.29. The molecule has 1 amide bonds. The maximum Gasteiger partial charge on any atom is 0.226 e. The number of anilines is 1. The van der Waals surface area contributed by atoms with Crippen LogP contribution in [0.25, 0.3) is 0 Å². The monoisotopic (exact) mass is 329 g/mol. The molecule has 2 N–H and O–H groups in total. The van der Waals surface area contributed by atoms with Gasteiger partial charge in [0.25, 0.3) is 0 Å². The van der Waals surface area contributed by atoms with Crippen molar-refractivity contribution in [3.63, 3.8) is 0 Å². The van der Waals surface area contributed by atoms with Crippen LogP contribution in [0, 0.1) is 11.3 Å². The number of carbonyl (C=O) groups excluding carboxylic acids is 1. The quantitative estimate of drug-likeness (QED) is 0.866. The first kappa shape index (κ1) is 14.8. The molecule has 2 bridgehead atoms. The van der Waals surface area contributed by atoms with Crippen molar-refractivity contribution in [1.29, 1.82) is 0 Å². The Balaban J connectivity index is 1.22. The van der Waals surface area contributed by atoms with Gasteiger partial charge < -0.3 is 15.5 Å². The molecule has 0 aromatic carbocycles. The van der Waals surface area contributed by atoms with E-state index in [4.69, 9.17) is 0 Å². The fourth-order valence-corrected chi connectivity index (χ4v) is 5.55. The topological polar surface area (TPSA) is 62.2 Å². The van der Waals surface area contributed by atoms with Crippen LogP contribution in [0.3, 0.4) is 0 Å². The molecule has 1 aromatic rings. The number of piperidine rings is 1. The molecule has 6 nitrogen and oxygen atoms in total. The minimum Gasteiger partial charge on any atom is -0.364 e. The van der Waals surface area contributed by atoms with Crippen LogP contribution in [0.15, 0.2) is 12.4 Å². The summed E-state index contributed by atoms with van der Waals surface area (Å²) in [5.74, 6) is 0.915. The third kappa shape index (κ3) is 2.19. The third-order valence-corrected chi connectivity index (χ3v) is 6.86. The van der Waals surface area contributed by atoms with Gasteiger partial charge in [-0.05, 0) is 44.4 Å². The van der Waals surface area contributed by atoms with Crippen molar-refractivity contribution in [3.8, 4) is 0 Å². The van der Waals surface area contributed by atoms with E-state index in [0.717, 1.165) is 32.4 Å². The highest BCUT2D eigenvalue weighted by Crippen LogP contribution is 2.62. The first-order valence-corrected chi connectivity index (χ1v) is 9.45. The Morgan fingerprint density at radius 1 is 1.42 bits per heavy atom. The number of hydrogen-bond donors (Lipinski definition) is 2. The first-order chi connectivity index (χ1) is 11.7. The van der Waals surface area contributed by atoms with Gasteiger partial charge in [-0.1, -0.05) is 0 Å². The molecule has 4 aliphatic rings. The Morgan fingerprint density at radius 2 is 2.33 bits per heavy atom. The lowest BCUT2D eigenvalue weighted by molar-refractivity contribution is -0.128. The van der Waals surface area contributed by atoms with Crippen molar-refractivity contribution in [2.45, 2.75) is 56.7 Å². The number of nitrogens with zero attached hydrogens (tertiary/aromatic N) is 3. The maximum absolute atomic E-state index is 12.9. The lowest BCUT2D eigenvalue weighted by Crippen LogP contribution is -2.48. The van der Waals surface area contributed by atoms with E-state index in [0.29, 0.717) is 30.0 Å². The smallest absolute Gasteiger partial charge is 0.226 e. The Bertz CT molecular complexity index is 658. The molecule has 5 atom stereocenters. The van der Waals surface area contributed by atoms with Crippen LogP contribution in [0.5, 0.6) is 0 Å². The van der Waals surface area contributed by atoms with Crippen LogP contribution in [0.4, 0.5) is 5.69 Å². The van der Waals surface area contributed by atoms with Crippen molar-refractivity contribution in [1.82, 2.24) is 20.4 Å². The lowest BCUT2D eigenvalue weighted by Gasteiger charge is -2.30. The van der Waals surface area contributed by atoms with Crippen LogP contribution < -0.4 is 15.5 Å². The van der Waals surface area contributed by atoms with Crippen molar-refractivity contribution >= 4 is 11.6 Å². The Morgan fingerprint density at radius 3 is 3.17 bits per heavy atom. The molecule has 130 valence electrons. The van der Waals surface area contributed by atoms with Crippen LogP contribution in [-0.2, 0) is 11.8 Å². The van der Waals surface area contributed by atoms with Crippen molar-refractivity contribution in [3.05, 3.63) is 12.4 Å². The normalized spacial score (nSPS) is 39.8. The molecular formula is C18H27N5O. The van der Waals surface area contributed by atoms with Gasteiger partial charge in [-0.15, -0.1) is 0 Å². The van der Waals surface area contributed by atoms with Crippen molar-refractivity contribution < 1.29 is 4.79 Å². The zero-order valence-corrected chi connectivity index (χ0v) is 14.4. The molecule has 4 heterocycles. The molecule has 3 saturated heterocycles. The molecule has 4 fully saturated rings. The lowest BCUT2D eigenvalue weighted by atomic mass is 9.90. The second-order valence-corrected chi connectivity index (χ2v) is 8.29. The number of carbonyl (C=O) groups is 1. The zero-order valence-electron chi connectivity index (χ0n) is 14.4. The van der Waals surface area contributed by atoms with Gasteiger partial charge in [-0.2, -0.15) is 5.10 Å². The first-order valence-electron chi connectivity index (χ1n) is 9.45. The minimum absolute atomic E-state index is 0.0329. The van der Waals surface area contributed by atoms with Gasteiger partial charge in [0.05, 0.1) is 17.3 Å². The van der Waals surface area contributed by atoms with Crippen molar-refractivity contribution in [2.24, 2.45) is 18.4 Å². The summed E-state index contributed by atoms with van der Waals surface area (Å²) in [5.41, 5.74) is 1.14. The highest BCUT2D eigenvalue weighted by molar-refractivity contribution is 5.86. The number of nitrogens with one attached hydrogen (secondary N) is 2. The minimum atomic E-state index is -0.0329. The molecule has 1 aliphatic carbocycles. The van der Waals surface area contributed by atoms with Crippen molar-refractivity contribution in [2.75, 3.05) is 18.0 Å². The predicted octanol–water partition coefficient (Wildman–Crippen LogP) is 1.04. The molecule has 3 aliphatic heterocycles. The Labute approximate surface area is 143 Å². The molecule has 6 heteroatoms. The molecule has 24 heavy (non-hydrogen) atoms. The van der Waals surface area contributed by atoms with Gasteiger partial charge in [0, 0.05) is 44.5 Å². The molecule has 5 rings (SSSR count). The van der Waals surface area contributed by atoms with E-state index in [1.807, 2.05) is 17.9 Å². The zero-order chi connectivity index (χ0) is 16.3. The predicted molar refractivity (Wildman–Crippen MR) is 91.7 cm³/mol. The third-order valence-electron chi connectivity index (χ3n) is 6.86. The summed E-state index contributed by atoms with van der Waals surface area (Å²) in [4.78, 5) is 15.3. The fraction of sp³-hybridized carbons (Fsp3) is 0.778. The number of fused-ring (bicyclic) bond motifs is 4. The van der Waals surface area contributed by atoms with Crippen LogP contribution in [0.1, 0.15) is 38.5 Å². The summed E-state index contributed by atoms with van der Waals surface area (Å²) >= 11 is 0. The highest BCUT2D eigenvalue weighted by Gasteiger charge is 2.66. The largest absolute Gasteiger partial charge is 0.364 e. The van der Waals surface area contributed by atoms with E-state index in [9.17, 15) is 4.79 Å². The summed E-state index contributed by atoms with van der Waals surface area (Å²) in [6, 6.07) is 1.59. The molecular weight excluding hydrogens is 302 g/mol. The van der Waals surface area contributed by atoms with Crippen LogP contribution >= 0.6 is 0 Å². The standard InChI is InChI=1S/C18H27N5O/c1-22-11-14(10-20-22)23-6-2-3-13(23)9-19-17(24)18-7-12-4-5-16(21-12)15(18)8-18/h10-13,15-16,21H,2-9H2,1H3,(H,19,24)/t12-,13-,15+,16+,18-/m1/s1. The number of aryl methyl sites for hydroxylation is 1. The maximum atomic E-state index is 12.9. The Kier molecular flexibility index (Phi) is 3.21. The van der Waals surface area contributed by atoms with Gasteiger partial charge >= 0.3 is 0 Å². The average molecular weight is 329 g/mol. The van der Waals surface area contributed by atoms with Crippen LogP contribution in [0.2, 0.25) is 0 Å². The SMILES string of the molecule is Cn1cc(N2CCC[C@@H]2CNC(=O)[C@@]23C[C@H]4CC[C@H](N4)[C@@H]2C3)cn1. The Hall–Kier alpha value is -1.56. The van der Waals surface area contributed by atoms with E-state index in [1.165, 1.54) is 24.9 Å². The molecule has 0 radical (unpaired) electrons. The van der Waals surface area contributed by atoms with Gasteiger partial charge in [-0.3, -0.25) is 9.48 Å². The van der Waals surface area contributed by atoms with E-state index in [2.05, 4.69) is 26.8 Å². The summed E-state index contributed by atoms with van der Waals surface area (Å²) in [7, 11) is 1.95. The number of aromatic nitrogens is 2. The summed E-state index contributed by atoms with van der Waals surface area (Å²) in [6.45, 7) is 1.83. The summed E-state index contributed by atoms with van der Waals surface area (Å²) in [6.07, 6.45) is 11.0. The fourth-order valence-electron chi connectivity index (χ4n) is 5.55. The number of hydrogen-bond acceptors (Lipinski definition) is 4. The summed E-state index contributed by atoms with van der Waals surface area (Å²) < 4.78 is 1.85. The molecule has 0 spiro atoms. The van der Waals surface area contributed by atoms with E-state index in [1.54, 1.807) is 0 Å². The number of amides is 1. The number of rotatable bonds is 4. The van der Waals surface area contributed by atoms with Gasteiger partial charge in [0.15, 0.2) is 0 Å². The van der Waals surface area contributed by atoms with Gasteiger partial charge in [0.1, 0.15) is 0 Å². The van der Waals surface area contributed by atoms with E-state index in [-0.39, 0.29) is 5.41 Å². The summed E-state index contributed by atoms with van der Waals surface area (Å²) in [5, 5.41) is 11.3. The van der Waals surface area contributed by atoms with E-state index < -0.39 is 0 Å². The molecule has 1 saturated carbocycles. The second kappa shape index (κ2) is 5.22. The van der Waals surface area contributed by atoms with E-state index >= 15 is 0 Å². The van der Waals surface area contributed by atoms with Gasteiger partial charge in [-0.25, -0.2) is 0 Å². The average Bonchev–Trinajstić information content (AvgIpc) is 2.92. The molecule has 1 aromatic heterocycles. The van der Waals surface area contributed by atoms with Gasteiger partial charge in [0.2, 0.25) is 5.91 Å². The molecule has 0 unspecified atom stereocenters. The highest BCUT2D eigenvalue weighted by atomic mass is 16.2. The van der Waals surface area contributed by atoms with Crippen LogP contribution in [-0.4, -0.2) is 46.9 Å².